The predicted octanol–water partition coefficient (Wildman–Crippen LogP) is 5.27. The Morgan fingerprint density at radius 2 is 1.90 bits per heavy atom. The summed E-state index contributed by atoms with van der Waals surface area (Å²) in [6, 6.07) is 6.43. The molecule has 2 aromatic rings. The quantitative estimate of drug-likeness (QED) is 0.735. The van der Waals surface area contributed by atoms with E-state index in [1.54, 1.807) is 11.3 Å². The third kappa shape index (κ3) is 3.50. The Labute approximate surface area is 141 Å². The van der Waals surface area contributed by atoms with Crippen LogP contribution in [0.25, 0.3) is 0 Å². The van der Waals surface area contributed by atoms with E-state index in [2.05, 4.69) is 81.5 Å². The molecule has 2 rings (SSSR count). The van der Waals surface area contributed by atoms with Crippen LogP contribution in [-0.4, -0.2) is 12.0 Å². The third-order valence-electron chi connectivity index (χ3n) is 3.10. The van der Waals surface area contributed by atoms with Crippen molar-refractivity contribution in [2.75, 3.05) is 7.05 Å². The fourth-order valence-corrected chi connectivity index (χ4v) is 3.71. The van der Waals surface area contributed by atoms with E-state index < -0.39 is 0 Å². The Morgan fingerprint density at radius 3 is 2.40 bits per heavy atom. The van der Waals surface area contributed by atoms with Crippen LogP contribution < -0.4 is 5.32 Å². The Hall–Kier alpha value is -0.230. The first-order valence-corrected chi connectivity index (χ1v) is 8.87. The van der Waals surface area contributed by atoms with Gasteiger partial charge >= 0.3 is 0 Å². The van der Waals surface area contributed by atoms with E-state index in [1.165, 1.54) is 5.56 Å². The second-order valence-corrected chi connectivity index (χ2v) is 8.31. The van der Waals surface area contributed by atoms with Crippen LogP contribution in [0.3, 0.4) is 0 Å². The fourth-order valence-electron chi connectivity index (χ4n) is 1.89. The summed E-state index contributed by atoms with van der Waals surface area (Å²) in [4.78, 5) is 4.81. The summed E-state index contributed by atoms with van der Waals surface area (Å²) in [6.07, 6.45) is 0. The van der Waals surface area contributed by atoms with Crippen LogP contribution in [0.2, 0.25) is 0 Å². The molecular formula is C15H18Br2N2S. The number of halogens is 2. The lowest BCUT2D eigenvalue weighted by molar-refractivity contribution is 0.566. The monoisotopic (exact) mass is 416 g/mol. The van der Waals surface area contributed by atoms with Crippen molar-refractivity contribution in [3.05, 3.63) is 48.8 Å². The smallest absolute Gasteiger partial charge is 0.114 e. The maximum Gasteiger partial charge on any atom is 0.114 e. The van der Waals surface area contributed by atoms with E-state index >= 15 is 0 Å². The van der Waals surface area contributed by atoms with Gasteiger partial charge in [-0.1, -0.05) is 26.8 Å². The zero-order valence-corrected chi connectivity index (χ0v) is 16.0. The van der Waals surface area contributed by atoms with Gasteiger partial charge in [0.2, 0.25) is 0 Å². The number of aromatic nitrogens is 1. The number of rotatable bonds is 3. The SMILES string of the molecule is CNC(c1ccc(Br)c(Br)c1)c1nc(C(C)(C)C)cs1. The third-order valence-corrected chi connectivity index (χ3v) is 5.89. The van der Waals surface area contributed by atoms with Gasteiger partial charge in [-0.3, -0.25) is 0 Å². The highest BCUT2D eigenvalue weighted by atomic mass is 79.9. The van der Waals surface area contributed by atoms with Crippen LogP contribution in [0.5, 0.6) is 0 Å². The van der Waals surface area contributed by atoms with Crippen molar-refractivity contribution in [2.24, 2.45) is 0 Å². The van der Waals surface area contributed by atoms with Crippen LogP contribution in [0.15, 0.2) is 32.5 Å². The van der Waals surface area contributed by atoms with Crippen molar-refractivity contribution in [3.63, 3.8) is 0 Å². The lowest BCUT2D eigenvalue weighted by Gasteiger charge is -2.17. The fraction of sp³-hybridized carbons (Fsp3) is 0.400. The number of nitrogens with zero attached hydrogens (tertiary/aromatic N) is 1. The molecule has 20 heavy (non-hydrogen) atoms. The molecule has 0 saturated heterocycles. The van der Waals surface area contributed by atoms with Crippen LogP contribution in [0.4, 0.5) is 0 Å². The molecule has 0 aliphatic heterocycles. The summed E-state index contributed by atoms with van der Waals surface area (Å²) in [5, 5.41) is 6.62. The zero-order chi connectivity index (χ0) is 14.9. The molecule has 0 spiro atoms. The van der Waals surface area contributed by atoms with E-state index in [-0.39, 0.29) is 11.5 Å². The van der Waals surface area contributed by atoms with E-state index in [9.17, 15) is 0 Å². The van der Waals surface area contributed by atoms with Gasteiger partial charge in [-0.25, -0.2) is 4.98 Å². The molecule has 2 nitrogen and oxygen atoms in total. The lowest BCUT2D eigenvalue weighted by atomic mass is 9.93. The molecule has 0 amide bonds. The summed E-state index contributed by atoms with van der Waals surface area (Å²) in [5.74, 6) is 0. The second kappa shape index (κ2) is 6.26. The molecule has 5 heteroatoms. The normalized spacial score (nSPS) is 13.5. The summed E-state index contributed by atoms with van der Waals surface area (Å²) >= 11 is 8.78. The average molecular weight is 418 g/mol. The van der Waals surface area contributed by atoms with Crippen molar-refractivity contribution in [3.8, 4) is 0 Å². The molecule has 0 aliphatic carbocycles. The predicted molar refractivity (Wildman–Crippen MR) is 93.6 cm³/mol. The summed E-state index contributed by atoms with van der Waals surface area (Å²) in [6.45, 7) is 6.57. The number of hydrogen-bond acceptors (Lipinski definition) is 3. The molecule has 1 N–H and O–H groups in total. The summed E-state index contributed by atoms with van der Waals surface area (Å²) < 4.78 is 2.12. The minimum absolute atomic E-state index is 0.0906. The number of benzene rings is 1. The van der Waals surface area contributed by atoms with Crippen LogP contribution in [-0.2, 0) is 5.41 Å². The molecule has 108 valence electrons. The molecule has 0 radical (unpaired) electrons. The minimum Gasteiger partial charge on any atom is -0.307 e. The molecule has 0 aliphatic rings. The van der Waals surface area contributed by atoms with Crippen molar-refractivity contribution >= 4 is 43.2 Å². The zero-order valence-electron chi connectivity index (χ0n) is 12.0. The summed E-state index contributed by atoms with van der Waals surface area (Å²) in [5.41, 5.74) is 2.44. The maximum absolute atomic E-state index is 4.81. The van der Waals surface area contributed by atoms with E-state index in [0.717, 1.165) is 19.6 Å². The van der Waals surface area contributed by atoms with Crippen molar-refractivity contribution in [1.82, 2.24) is 10.3 Å². The first-order valence-electron chi connectivity index (χ1n) is 6.41. The standard InChI is InChI=1S/C15H18Br2N2S/c1-15(2,3)12-8-20-14(19-12)13(18-4)9-5-6-10(16)11(17)7-9/h5-8,13,18H,1-4H3. The Bertz CT molecular complexity index is 602. The highest BCUT2D eigenvalue weighted by Gasteiger charge is 2.21. The Balaban J connectivity index is 2.37. The molecule has 1 aromatic heterocycles. The van der Waals surface area contributed by atoms with E-state index in [0.29, 0.717) is 0 Å². The molecule has 1 heterocycles. The molecule has 1 unspecified atom stereocenters. The highest BCUT2D eigenvalue weighted by Crippen LogP contribution is 2.32. The van der Waals surface area contributed by atoms with Crippen molar-refractivity contribution in [1.29, 1.82) is 0 Å². The van der Waals surface area contributed by atoms with Gasteiger partial charge in [0.15, 0.2) is 0 Å². The van der Waals surface area contributed by atoms with Gasteiger partial charge in [-0.2, -0.15) is 0 Å². The number of hydrogen-bond donors (Lipinski definition) is 1. The van der Waals surface area contributed by atoms with E-state index in [4.69, 9.17) is 4.98 Å². The van der Waals surface area contributed by atoms with Gasteiger partial charge in [0.1, 0.15) is 5.01 Å². The van der Waals surface area contributed by atoms with Gasteiger partial charge in [-0.15, -0.1) is 11.3 Å². The highest BCUT2D eigenvalue weighted by molar-refractivity contribution is 9.13. The van der Waals surface area contributed by atoms with Crippen LogP contribution in [0.1, 0.15) is 43.1 Å². The van der Waals surface area contributed by atoms with Crippen LogP contribution in [0, 0.1) is 0 Å². The topological polar surface area (TPSA) is 24.9 Å². The molecule has 0 fully saturated rings. The maximum atomic E-state index is 4.81. The van der Waals surface area contributed by atoms with Gasteiger partial charge < -0.3 is 5.32 Å². The minimum atomic E-state index is 0.0906. The number of nitrogens with one attached hydrogen (secondary N) is 1. The lowest BCUT2D eigenvalue weighted by Crippen LogP contribution is -2.18. The second-order valence-electron chi connectivity index (χ2n) is 5.72. The molecule has 0 saturated carbocycles. The van der Waals surface area contributed by atoms with Crippen LogP contribution >= 0.6 is 43.2 Å². The van der Waals surface area contributed by atoms with Crippen molar-refractivity contribution in [2.45, 2.75) is 32.2 Å². The average Bonchev–Trinajstić information content (AvgIpc) is 2.84. The van der Waals surface area contributed by atoms with Gasteiger partial charge in [-0.05, 0) is 56.6 Å². The Kier molecular flexibility index (Phi) is 5.05. The first-order chi connectivity index (χ1) is 9.32. The van der Waals surface area contributed by atoms with Gasteiger partial charge in [0.05, 0.1) is 11.7 Å². The Morgan fingerprint density at radius 1 is 1.20 bits per heavy atom. The van der Waals surface area contributed by atoms with Gasteiger partial charge in [0.25, 0.3) is 0 Å². The number of thiazole rings is 1. The molecule has 1 atom stereocenters. The first kappa shape index (κ1) is 16.1. The largest absolute Gasteiger partial charge is 0.307 e. The summed E-state index contributed by atoms with van der Waals surface area (Å²) in [7, 11) is 1.97. The van der Waals surface area contributed by atoms with Crippen molar-refractivity contribution < 1.29 is 0 Å². The van der Waals surface area contributed by atoms with E-state index in [1.807, 2.05) is 7.05 Å². The van der Waals surface area contributed by atoms with Gasteiger partial charge in [0, 0.05) is 19.7 Å². The molecule has 1 aromatic carbocycles. The molecule has 0 bridgehead atoms. The molecular weight excluding hydrogens is 400 g/mol.